The number of likely N-dealkylation sites (N-methyl/N-ethyl adjacent to an activating group) is 1. The van der Waals surface area contributed by atoms with E-state index in [2.05, 4.69) is 22.2 Å². The predicted molar refractivity (Wildman–Crippen MR) is 83.6 cm³/mol. The van der Waals surface area contributed by atoms with Crippen molar-refractivity contribution in [1.82, 2.24) is 9.88 Å². The minimum Gasteiger partial charge on any atom is -0.369 e. The highest BCUT2D eigenvalue weighted by molar-refractivity contribution is 5.46. The van der Waals surface area contributed by atoms with Crippen LogP contribution in [0.5, 0.6) is 0 Å². The van der Waals surface area contributed by atoms with Crippen molar-refractivity contribution in [2.45, 2.75) is 45.1 Å². The molecule has 1 saturated carbocycles. The average Bonchev–Trinajstić information content (AvgIpc) is 2.47. The molecule has 1 aromatic heterocycles. The molecule has 1 heterocycles. The Bertz CT molecular complexity index is 487. The quantitative estimate of drug-likeness (QED) is 0.644. The fourth-order valence-electron chi connectivity index (χ4n) is 2.90. The zero-order chi connectivity index (χ0) is 15.2. The summed E-state index contributed by atoms with van der Waals surface area (Å²) in [5, 5.41) is 14.0. The molecule has 6 nitrogen and oxygen atoms in total. The molecule has 0 aliphatic heterocycles. The van der Waals surface area contributed by atoms with Gasteiger partial charge in [0, 0.05) is 24.7 Å². The zero-order valence-corrected chi connectivity index (χ0v) is 12.8. The Balaban J connectivity index is 1.80. The van der Waals surface area contributed by atoms with Crippen molar-refractivity contribution in [3.8, 4) is 0 Å². The first-order valence-corrected chi connectivity index (χ1v) is 7.63. The molecule has 0 aromatic carbocycles. The number of aromatic nitrogens is 1. The second-order valence-electron chi connectivity index (χ2n) is 5.81. The number of rotatable bonds is 6. The van der Waals surface area contributed by atoms with E-state index >= 15 is 0 Å². The second kappa shape index (κ2) is 7.36. The molecular weight excluding hydrogens is 268 g/mol. The Kier molecular flexibility index (Phi) is 5.50. The number of aryl methyl sites for hydroxylation is 1. The van der Waals surface area contributed by atoms with Gasteiger partial charge in [0.15, 0.2) is 0 Å². The topological polar surface area (TPSA) is 71.3 Å². The molecule has 0 unspecified atom stereocenters. The highest BCUT2D eigenvalue weighted by Crippen LogP contribution is 2.21. The van der Waals surface area contributed by atoms with Crippen molar-refractivity contribution >= 4 is 11.5 Å². The fourth-order valence-corrected chi connectivity index (χ4v) is 2.90. The van der Waals surface area contributed by atoms with Gasteiger partial charge in [0.05, 0.1) is 4.92 Å². The largest absolute Gasteiger partial charge is 0.369 e. The van der Waals surface area contributed by atoms with E-state index in [0.717, 1.165) is 13.1 Å². The molecule has 0 amide bonds. The Morgan fingerprint density at radius 3 is 2.76 bits per heavy atom. The summed E-state index contributed by atoms with van der Waals surface area (Å²) >= 11 is 0. The van der Waals surface area contributed by atoms with Gasteiger partial charge in [-0.1, -0.05) is 19.3 Å². The lowest BCUT2D eigenvalue weighted by Crippen LogP contribution is -2.36. The minimum atomic E-state index is -0.400. The minimum absolute atomic E-state index is 0.0693. The van der Waals surface area contributed by atoms with E-state index < -0.39 is 4.92 Å². The van der Waals surface area contributed by atoms with Crippen LogP contribution in [0.1, 0.15) is 37.7 Å². The normalized spacial score (nSPS) is 16.1. The highest BCUT2D eigenvalue weighted by Gasteiger charge is 2.17. The van der Waals surface area contributed by atoms with E-state index in [1.54, 1.807) is 13.0 Å². The van der Waals surface area contributed by atoms with Crippen LogP contribution in [0.25, 0.3) is 0 Å². The Morgan fingerprint density at radius 2 is 2.14 bits per heavy atom. The molecule has 1 N–H and O–H groups in total. The van der Waals surface area contributed by atoms with Crippen LogP contribution in [0.3, 0.4) is 0 Å². The number of nitro groups is 1. The van der Waals surface area contributed by atoms with Gasteiger partial charge < -0.3 is 10.2 Å². The summed E-state index contributed by atoms with van der Waals surface area (Å²) in [6, 6.07) is 2.44. The average molecular weight is 292 g/mol. The van der Waals surface area contributed by atoms with Gasteiger partial charge in [-0.05, 0) is 32.9 Å². The van der Waals surface area contributed by atoms with Gasteiger partial charge in [-0.25, -0.2) is 4.98 Å². The Labute approximate surface area is 125 Å². The summed E-state index contributed by atoms with van der Waals surface area (Å²) in [7, 11) is 2.17. The van der Waals surface area contributed by atoms with E-state index in [4.69, 9.17) is 0 Å². The van der Waals surface area contributed by atoms with Crippen LogP contribution in [0.15, 0.2) is 12.3 Å². The molecule has 1 aliphatic carbocycles. The number of nitrogens with one attached hydrogen (secondary N) is 1. The monoisotopic (exact) mass is 292 g/mol. The number of pyridine rings is 1. The molecule has 0 saturated heterocycles. The molecular formula is C15H24N4O2. The number of nitrogens with zero attached hydrogens (tertiary/aromatic N) is 3. The molecule has 0 radical (unpaired) electrons. The van der Waals surface area contributed by atoms with Crippen LogP contribution in [0.2, 0.25) is 0 Å². The number of anilines is 1. The molecule has 21 heavy (non-hydrogen) atoms. The second-order valence-corrected chi connectivity index (χ2v) is 5.81. The summed E-state index contributed by atoms with van der Waals surface area (Å²) in [6.07, 6.45) is 7.96. The van der Waals surface area contributed by atoms with Gasteiger partial charge >= 0.3 is 0 Å². The van der Waals surface area contributed by atoms with Crippen molar-refractivity contribution in [1.29, 1.82) is 0 Å². The molecule has 1 fully saturated rings. The van der Waals surface area contributed by atoms with Gasteiger partial charge in [0.25, 0.3) is 5.69 Å². The van der Waals surface area contributed by atoms with Crippen molar-refractivity contribution in [3.05, 3.63) is 27.9 Å². The third kappa shape index (κ3) is 4.39. The molecule has 116 valence electrons. The van der Waals surface area contributed by atoms with Crippen LogP contribution in [-0.4, -0.2) is 41.0 Å². The van der Waals surface area contributed by atoms with E-state index in [1.807, 2.05) is 0 Å². The zero-order valence-electron chi connectivity index (χ0n) is 12.8. The molecule has 1 aromatic rings. The summed E-state index contributed by atoms with van der Waals surface area (Å²) in [5.41, 5.74) is 0.706. The fraction of sp³-hybridized carbons (Fsp3) is 0.667. The first-order valence-electron chi connectivity index (χ1n) is 7.63. The Hall–Kier alpha value is -1.69. The van der Waals surface area contributed by atoms with Crippen molar-refractivity contribution < 1.29 is 4.92 Å². The van der Waals surface area contributed by atoms with Crippen LogP contribution >= 0.6 is 0 Å². The van der Waals surface area contributed by atoms with E-state index in [0.29, 0.717) is 17.4 Å². The smallest absolute Gasteiger partial charge is 0.290 e. The maximum Gasteiger partial charge on any atom is 0.290 e. The maximum absolute atomic E-state index is 10.7. The van der Waals surface area contributed by atoms with Crippen molar-refractivity contribution in [2.24, 2.45) is 0 Å². The van der Waals surface area contributed by atoms with Crippen LogP contribution in [0, 0.1) is 17.0 Å². The number of hydrogen-bond donors (Lipinski definition) is 1. The predicted octanol–water partition coefficient (Wildman–Crippen LogP) is 2.97. The lowest BCUT2D eigenvalue weighted by molar-refractivity contribution is -0.385. The summed E-state index contributed by atoms with van der Waals surface area (Å²) in [4.78, 5) is 16.9. The molecule has 1 aliphatic rings. The van der Waals surface area contributed by atoms with E-state index in [-0.39, 0.29) is 5.69 Å². The first-order chi connectivity index (χ1) is 10.1. The summed E-state index contributed by atoms with van der Waals surface area (Å²) in [5.74, 6) is 0.704. The lowest BCUT2D eigenvalue weighted by Gasteiger charge is -2.31. The highest BCUT2D eigenvalue weighted by atomic mass is 16.6. The van der Waals surface area contributed by atoms with Gasteiger partial charge in [-0.2, -0.15) is 0 Å². The van der Waals surface area contributed by atoms with Gasteiger partial charge in [-0.15, -0.1) is 0 Å². The molecule has 2 rings (SSSR count). The standard InChI is InChI=1S/C15H24N4O2/c1-12-10-15(17-11-14(12)19(20)21)16-8-9-18(2)13-6-4-3-5-7-13/h10-11,13H,3-9H2,1-2H3,(H,16,17). The van der Waals surface area contributed by atoms with Gasteiger partial charge in [0.1, 0.15) is 12.0 Å². The lowest BCUT2D eigenvalue weighted by atomic mass is 9.94. The van der Waals surface area contributed by atoms with Crippen LogP contribution in [-0.2, 0) is 0 Å². The van der Waals surface area contributed by atoms with Gasteiger partial charge in [-0.3, -0.25) is 10.1 Å². The SMILES string of the molecule is Cc1cc(NCCN(C)C2CCCCC2)ncc1[N+](=O)[O-]. The molecule has 0 atom stereocenters. The first kappa shape index (κ1) is 15.7. The summed E-state index contributed by atoms with van der Waals surface area (Å²) < 4.78 is 0. The Morgan fingerprint density at radius 1 is 1.43 bits per heavy atom. The van der Waals surface area contributed by atoms with Crippen molar-refractivity contribution in [2.75, 3.05) is 25.5 Å². The van der Waals surface area contributed by atoms with Gasteiger partial charge in [0.2, 0.25) is 0 Å². The van der Waals surface area contributed by atoms with Crippen LogP contribution < -0.4 is 5.32 Å². The number of hydrogen-bond acceptors (Lipinski definition) is 5. The molecule has 6 heteroatoms. The van der Waals surface area contributed by atoms with E-state index in [9.17, 15) is 10.1 Å². The third-order valence-corrected chi connectivity index (χ3v) is 4.25. The summed E-state index contributed by atoms with van der Waals surface area (Å²) in [6.45, 7) is 3.50. The maximum atomic E-state index is 10.7. The van der Waals surface area contributed by atoms with Crippen molar-refractivity contribution in [3.63, 3.8) is 0 Å². The molecule has 0 bridgehead atoms. The van der Waals surface area contributed by atoms with E-state index in [1.165, 1.54) is 38.3 Å². The molecule has 0 spiro atoms. The van der Waals surface area contributed by atoms with Crippen LogP contribution in [0.4, 0.5) is 11.5 Å². The third-order valence-electron chi connectivity index (χ3n) is 4.25.